The van der Waals surface area contributed by atoms with Crippen molar-refractivity contribution in [1.29, 1.82) is 0 Å². The molecule has 2 aliphatic rings. The van der Waals surface area contributed by atoms with E-state index < -0.39 is 11.6 Å². The van der Waals surface area contributed by atoms with E-state index in [1.165, 1.54) is 12.1 Å². The van der Waals surface area contributed by atoms with Crippen LogP contribution in [0.15, 0.2) is 36.5 Å². The Balaban J connectivity index is 1.20. The fourth-order valence-electron chi connectivity index (χ4n) is 4.27. The minimum absolute atomic E-state index is 0.430. The lowest BCUT2D eigenvalue weighted by molar-refractivity contribution is 0.284. The Kier molecular flexibility index (Phi) is 6.14. The van der Waals surface area contributed by atoms with Gasteiger partial charge in [0, 0.05) is 69.2 Å². The Hall–Kier alpha value is -3.53. The predicted octanol–water partition coefficient (Wildman–Crippen LogP) is 2.88. The average molecular weight is 467 g/mol. The van der Waals surface area contributed by atoms with Crippen molar-refractivity contribution in [3.05, 3.63) is 59.4 Å². The van der Waals surface area contributed by atoms with Gasteiger partial charge in [0.25, 0.3) is 5.95 Å². The van der Waals surface area contributed by atoms with Crippen LogP contribution in [-0.4, -0.2) is 70.5 Å². The molecule has 0 bridgehead atoms. The van der Waals surface area contributed by atoms with Crippen LogP contribution in [0.2, 0.25) is 0 Å². The standard InChI is InChI=1S/C24H28F2N8/c1-17-18(16-28-34(17)24-29-22(27)15-23(30-24)33-6-3-7-33)4-2-5-31-8-10-32(11-9-31)21-13-19(25)12-20(26)14-21/h2,4,12-16H,3,5-11H2,1H3,(H2,27,29,30)/b4-2+. The lowest BCUT2D eigenvalue weighted by Crippen LogP contribution is -2.46. The minimum atomic E-state index is -0.545. The lowest BCUT2D eigenvalue weighted by Gasteiger charge is -2.35. The maximum Gasteiger partial charge on any atom is 0.254 e. The van der Waals surface area contributed by atoms with Crippen molar-refractivity contribution in [2.75, 3.05) is 61.3 Å². The fourth-order valence-corrected chi connectivity index (χ4v) is 4.27. The van der Waals surface area contributed by atoms with Crippen molar-refractivity contribution in [2.45, 2.75) is 13.3 Å². The van der Waals surface area contributed by atoms with Gasteiger partial charge in [-0.15, -0.1) is 0 Å². The summed E-state index contributed by atoms with van der Waals surface area (Å²) in [5.41, 5.74) is 8.54. The van der Waals surface area contributed by atoms with Crippen molar-refractivity contribution < 1.29 is 8.78 Å². The van der Waals surface area contributed by atoms with Crippen LogP contribution in [0.3, 0.4) is 0 Å². The van der Waals surface area contributed by atoms with Crippen molar-refractivity contribution in [2.24, 2.45) is 0 Å². The molecule has 4 heterocycles. The summed E-state index contributed by atoms with van der Waals surface area (Å²) < 4.78 is 28.7. The molecule has 0 aliphatic carbocycles. The number of nitrogen functional groups attached to an aromatic ring is 1. The Morgan fingerprint density at radius 1 is 0.941 bits per heavy atom. The Morgan fingerprint density at radius 2 is 1.68 bits per heavy atom. The number of halogens is 2. The number of anilines is 3. The van der Waals surface area contributed by atoms with Crippen LogP contribution in [0.25, 0.3) is 12.0 Å². The van der Waals surface area contributed by atoms with Gasteiger partial charge in [0.15, 0.2) is 0 Å². The van der Waals surface area contributed by atoms with E-state index in [4.69, 9.17) is 5.73 Å². The largest absolute Gasteiger partial charge is 0.383 e. The molecule has 2 N–H and O–H groups in total. The van der Waals surface area contributed by atoms with E-state index in [1.807, 2.05) is 11.8 Å². The zero-order valence-electron chi connectivity index (χ0n) is 19.2. The molecule has 2 aliphatic heterocycles. The highest BCUT2D eigenvalue weighted by Crippen LogP contribution is 2.22. The molecule has 3 aromatic rings. The number of nitrogens with zero attached hydrogens (tertiary/aromatic N) is 7. The second kappa shape index (κ2) is 9.38. The van der Waals surface area contributed by atoms with Crippen LogP contribution in [-0.2, 0) is 0 Å². The van der Waals surface area contributed by atoms with Gasteiger partial charge in [0.05, 0.1) is 11.9 Å². The molecule has 0 spiro atoms. The second-order valence-corrected chi connectivity index (χ2v) is 8.71. The normalized spacial score (nSPS) is 16.9. The smallest absolute Gasteiger partial charge is 0.254 e. The Labute approximate surface area is 197 Å². The summed E-state index contributed by atoms with van der Waals surface area (Å²) in [4.78, 5) is 15.5. The van der Waals surface area contributed by atoms with Gasteiger partial charge in [-0.25, -0.2) is 13.5 Å². The average Bonchev–Trinajstić information content (AvgIpc) is 3.12. The molecule has 1 aromatic carbocycles. The van der Waals surface area contributed by atoms with Crippen LogP contribution in [0.1, 0.15) is 17.7 Å². The number of rotatable bonds is 6. The number of piperazine rings is 1. The summed E-state index contributed by atoms with van der Waals surface area (Å²) in [6.07, 6.45) is 7.12. The Bertz CT molecular complexity index is 1180. The first-order valence-electron chi connectivity index (χ1n) is 11.5. The van der Waals surface area contributed by atoms with Crippen LogP contribution in [0.4, 0.5) is 26.1 Å². The summed E-state index contributed by atoms with van der Waals surface area (Å²) in [7, 11) is 0. The quantitative estimate of drug-likeness (QED) is 0.598. The molecule has 2 saturated heterocycles. The molecule has 0 unspecified atom stereocenters. The van der Waals surface area contributed by atoms with E-state index in [1.54, 1.807) is 16.9 Å². The summed E-state index contributed by atoms with van der Waals surface area (Å²) in [5, 5.41) is 4.48. The third kappa shape index (κ3) is 4.72. The minimum Gasteiger partial charge on any atom is -0.383 e. The molecule has 10 heteroatoms. The monoisotopic (exact) mass is 466 g/mol. The molecule has 2 aromatic heterocycles. The van der Waals surface area contributed by atoms with Crippen LogP contribution >= 0.6 is 0 Å². The zero-order valence-corrected chi connectivity index (χ0v) is 19.2. The molecule has 0 atom stereocenters. The lowest BCUT2D eigenvalue weighted by atomic mass is 10.2. The molecule has 5 rings (SSSR count). The van der Waals surface area contributed by atoms with E-state index in [9.17, 15) is 8.78 Å². The van der Waals surface area contributed by atoms with Crippen LogP contribution in [0.5, 0.6) is 0 Å². The van der Waals surface area contributed by atoms with E-state index >= 15 is 0 Å². The molecule has 0 saturated carbocycles. The predicted molar refractivity (Wildman–Crippen MR) is 129 cm³/mol. The summed E-state index contributed by atoms with van der Waals surface area (Å²) in [6.45, 7) is 7.81. The first kappa shape index (κ1) is 22.3. The maximum atomic E-state index is 13.5. The summed E-state index contributed by atoms with van der Waals surface area (Å²) in [5.74, 6) is 0.650. The van der Waals surface area contributed by atoms with Gasteiger partial charge in [-0.3, -0.25) is 4.90 Å². The van der Waals surface area contributed by atoms with Gasteiger partial charge in [-0.05, 0) is 25.5 Å². The van der Waals surface area contributed by atoms with Crippen molar-refractivity contribution in [1.82, 2.24) is 24.6 Å². The topological polar surface area (TPSA) is 79.3 Å². The van der Waals surface area contributed by atoms with Gasteiger partial charge < -0.3 is 15.5 Å². The van der Waals surface area contributed by atoms with E-state index in [0.29, 0.717) is 17.5 Å². The maximum absolute atomic E-state index is 13.5. The van der Waals surface area contributed by atoms with Crippen LogP contribution < -0.4 is 15.5 Å². The van der Waals surface area contributed by atoms with E-state index in [0.717, 1.165) is 75.4 Å². The molecule has 34 heavy (non-hydrogen) atoms. The molecule has 0 radical (unpaired) electrons. The summed E-state index contributed by atoms with van der Waals surface area (Å²) in [6, 6.07) is 5.47. The van der Waals surface area contributed by atoms with Gasteiger partial charge in [0.2, 0.25) is 0 Å². The molecular formula is C24H28F2N8. The highest BCUT2D eigenvalue weighted by Gasteiger charge is 2.19. The number of aromatic nitrogens is 4. The number of benzene rings is 1. The summed E-state index contributed by atoms with van der Waals surface area (Å²) >= 11 is 0. The molecule has 2 fully saturated rings. The first-order valence-corrected chi connectivity index (χ1v) is 11.5. The van der Waals surface area contributed by atoms with Gasteiger partial charge in [-0.1, -0.05) is 12.2 Å². The number of hydrogen-bond donors (Lipinski definition) is 1. The molecular weight excluding hydrogens is 438 g/mol. The second-order valence-electron chi connectivity index (χ2n) is 8.71. The van der Waals surface area contributed by atoms with Gasteiger partial charge >= 0.3 is 0 Å². The van der Waals surface area contributed by atoms with Crippen LogP contribution in [0, 0.1) is 18.6 Å². The fraction of sp³-hybridized carbons (Fsp3) is 0.375. The molecule has 178 valence electrons. The molecule has 0 amide bonds. The van der Waals surface area contributed by atoms with Gasteiger partial charge in [-0.2, -0.15) is 15.1 Å². The SMILES string of the molecule is Cc1c(/C=C/CN2CCN(c3cc(F)cc(F)c3)CC2)cnn1-c1nc(N)cc(N2CCC2)n1. The van der Waals surface area contributed by atoms with Crippen molar-refractivity contribution in [3.8, 4) is 5.95 Å². The first-order chi connectivity index (χ1) is 16.5. The number of nitrogens with two attached hydrogens (primary N) is 1. The highest BCUT2D eigenvalue weighted by atomic mass is 19.1. The molecule has 8 nitrogen and oxygen atoms in total. The van der Waals surface area contributed by atoms with Crippen molar-refractivity contribution in [3.63, 3.8) is 0 Å². The van der Waals surface area contributed by atoms with Gasteiger partial charge in [0.1, 0.15) is 23.3 Å². The third-order valence-electron chi connectivity index (χ3n) is 6.38. The van der Waals surface area contributed by atoms with E-state index in [-0.39, 0.29) is 0 Å². The zero-order chi connectivity index (χ0) is 23.7. The Morgan fingerprint density at radius 3 is 2.35 bits per heavy atom. The van der Waals surface area contributed by atoms with E-state index in [2.05, 4.69) is 37.0 Å². The number of hydrogen-bond acceptors (Lipinski definition) is 7. The highest BCUT2D eigenvalue weighted by molar-refractivity contribution is 5.54. The van der Waals surface area contributed by atoms with Crippen molar-refractivity contribution >= 4 is 23.4 Å². The third-order valence-corrected chi connectivity index (χ3v) is 6.38.